The number of hydrogen-bond acceptors (Lipinski definition) is 1. The molecule has 1 aliphatic rings. The van der Waals surface area contributed by atoms with Crippen LogP contribution < -0.4 is 0 Å². The van der Waals surface area contributed by atoms with Gasteiger partial charge in [-0.25, -0.2) is 0 Å². The first-order valence-electron chi connectivity index (χ1n) is 4.99. The lowest BCUT2D eigenvalue weighted by Crippen LogP contribution is -2.08. The molecule has 0 bridgehead atoms. The zero-order chi connectivity index (χ0) is 9.64. The lowest BCUT2D eigenvalue weighted by atomic mass is 10.1. The van der Waals surface area contributed by atoms with Crippen molar-refractivity contribution in [1.29, 1.82) is 0 Å². The molecule has 0 spiro atoms. The molecule has 0 amide bonds. The first-order chi connectivity index (χ1) is 6.95. The topological polar surface area (TPSA) is 9.23 Å². The van der Waals surface area contributed by atoms with E-state index in [1.54, 1.807) is 6.26 Å². The lowest BCUT2D eigenvalue weighted by molar-refractivity contribution is 0.166. The van der Waals surface area contributed by atoms with Crippen LogP contribution in [0.1, 0.15) is 18.4 Å². The van der Waals surface area contributed by atoms with E-state index < -0.39 is 0 Å². The fraction of sp³-hybridized carbons (Fsp3) is 0.231. The second kappa shape index (κ2) is 4.66. The van der Waals surface area contributed by atoms with Crippen molar-refractivity contribution in [3.05, 3.63) is 54.3 Å². The molecule has 0 N–H and O–H groups in total. The summed E-state index contributed by atoms with van der Waals surface area (Å²) in [6.07, 6.45) is 10.5. The van der Waals surface area contributed by atoms with Gasteiger partial charge in [-0.3, -0.25) is 0 Å². The van der Waals surface area contributed by atoms with Crippen LogP contribution in [0.5, 0.6) is 0 Å². The van der Waals surface area contributed by atoms with E-state index in [0.717, 1.165) is 12.8 Å². The molecule has 0 saturated heterocycles. The smallest absolute Gasteiger partial charge is 0.117 e. The fourth-order valence-electron chi connectivity index (χ4n) is 1.48. The van der Waals surface area contributed by atoms with Crippen LogP contribution in [-0.4, -0.2) is 6.10 Å². The molecule has 1 heterocycles. The molecule has 0 fully saturated rings. The third-order valence-electron chi connectivity index (χ3n) is 2.27. The molecule has 72 valence electrons. The molecule has 1 aromatic rings. The standard InChI is InChI=1S/C13H14O/c1-2-6-12(7-3-1)9-10-13-8-4-5-11-14-13/h1-3,5-7,9-11,13H,4,8H2. The third kappa shape index (κ3) is 2.49. The molecule has 0 aliphatic carbocycles. The maximum Gasteiger partial charge on any atom is 0.117 e. The predicted octanol–water partition coefficient (Wildman–Crippen LogP) is 3.39. The van der Waals surface area contributed by atoms with Crippen molar-refractivity contribution in [2.24, 2.45) is 0 Å². The van der Waals surface area contributed by atoms with Gasteiger partial charge < -0.3 is 4.74 Å². The van der Waals surface area contributed by atoms with E-state index in [-0.39, 0.29) is 6.10 Å². The Kier molecular flexibility index (Phi) is 3.02. The maximum atomic E-state index is 5.43. The van der Waals surface area contributed by atoms with Crippen molar-refractivity contribution >= 4 is 6.08 Å². The molecule has 1 atom stereocenters. The minimum absolute atomic E-state index is 0.250. The van der Waals surface area contributed by atoms with Crippen molar-refractivity contribution < 1.29 is 4.74 Å². The molecule has 0 saturated carbocycles. The number of benzene rings is 1. The summed E-state index contributed by atoms with van der Waals surface area (Å²) in [5, 5.41) is 0. The van der Waals surface area contributed by atoms with Crippen LogP contribution >= 0.6 is 0 Å². The maximum absolute atomic E-state index is 5.43. The fourth-order valence-corrected chi connectivity index (χ4v) is 1.48. The predicted molar refractivity (Wildman–Crippen MR) is 58.7 cm³/mol. The zero-order valence-corrected chi connectivity index (χ0v) is 8.10. The van der Waals surface area contributed by atoms with Gasteiger partial charge in [0.25, 0.3) is 0 Å². The highest BCUT2D eigenvalue weighted by Gasteiger charge is 2.05. The molecular formula is C13H14O. The summed E-state index contributed by atoms with van der Waals surface area (Å²) in [5.74, 6) is 0. The van der Waals surface area contributed by atoms with Gasteiger partial charge in [-0.1, -0.05) is 36.4 Å². The van der Waals surface area contributed by atoms with Gasteiger partial charge in [-0.05, 0) is 30.6 Å². The molecule has 0 aromatic heterocycles. The molecule has 1 nitrogen and oxygen atoms in total. The highest BCUT2D eigenvalue weighted by atomic mass is 16.5. The Hall–Kier alpha value is -1.50. The van der Waals surface area contributed by atoms with Gasteiger partial charge in [0.1, 0.15) is 6.10 Å². The second-order valence-electron chi connectivity index (χ2n) is 3.39. The highest BCUT2D eigenvalue weighted by molar-refractivity contribution is 5.49. The average Bonchev–Trinajstić information content (AvgIpc) is 2.29. The van der Waals surface area contributed by atoms with Gasteiger partial charge in [-0.15, -0.1) is 0 Å². The lowest BCUT2D eigenvalue weighted by Gasteiger charge is -2.15. The summed E-state index contributed by atoms with van der Waals surface area (Å²) in [4.78, 5) is 0. The quantitative estimate of drug-likeness (QED) is 0.688. The SMILES string of the molecule is C1=COC(C=Cc2ccccc2)CC1. The van der Waals surface area contributed by atoms with Gasteiger partial charge in [0.05, 0.1) is 6.26 Å². The number of allylic oxidation sites excluding steroid dienone is 1. The van der Waals surface area contributed by atoms with Gasteiger partial charge in [0.15, 0.2) is 0 Å². The molecule has 0 radical (unpaired) electrons. The van der Waals surface area contributed by atoms with Crippen LogP contribution in [0.4, 0.5) is 0 Å². The summed E-state index contributed by atoms with van der Waals surface area (Å²) in [6, 6.07) is 10.3. The van der Waals surface area contributed by atoms with Gasteiger partial charge in [0.2, 0.25) is 0 Å². The molecule has 1 aliphatic heterocycles. The third-order valence-corrected chi connectivity index (χ3v) is 2.27. The van der Waals surface area contributed by atoms with Crippen LogP contribution in [-0.2, 0) is 4.74 Å². The zero-order valence-electron chi connectivity index (χ0n) is 8.10. The summed E-state index contributed by atoms with van der Waals surface area (Å²) >= 11 is 0. The van der Waals surface area contributed by atoms with Crippen molar-refractivity contribution in [3.8, 4) is 0 Å². The van der Waals surface area contributed by atoms with Crippen LogP contribution in [0.15, 0.2) is 48.7 Å². The monoisotopic (exact) mass is 186 g/mol. The first kappa shape index (κ1) is 9.07. The molecule has 14 heavy (non-hydrogen) atoms. The summed E-state index contributed by atoms with van der Waals surface area (Å²) in [7, 11) is 0. The molecule has 1 aromatic carbocycles. The Balaban J connectivity index is 1.97. The summed E-state index contributed by atoms with van der Waals surface area (Å²) < 4.78 is 5.43. The van der Waals surface area contributed by atoms with E-state index in [1.807, 2.05) is 18.2 Å². The molecular weight excluding hydrogens is 172 g/mol. The second-order valence-corrected chi connectivity index (χ2v) is 3.39. The minimum Gasteiger partial charge on any atom is -0.494 e. The average molecular weight is 186 g/mol. The first-order valence-corrected chi connectivity index (χ1v) is 4.99. The van der Waals surface area contributed by atoms with E-state index in [9.17, 15) is 0 Å². The van der Waals surface area contributed by atoms with Gasteiger partial charge >= 0.3 is 0 Å². The normalized spacial score (nSPS) is 21.0. The van der Waals surface area contributed by atoms with Crippen molar-refractivity contribution in [2.75, 3.05) is 0 Å². The largest absolute Gasteiger partial charge is 0.494 e. The number of ether oxygens (including phenoxy) is 1. The summed E-state index contributed by atoms with van der Waals surface area (Å²) in [6.45, 7) is 0. The Morgan fingerprint density at radius 3 is 2.79 bits per heavy atom. The van der Waals surface area contributed by atoms with Gasteiger partial charge in [0, 0.05) is 0 Å². The van der Waals surface area contributed by atoms with Crippen molar-refractivity contribution in [1.82, 2.24) is 0 Å². The van der Waals surface area contributed by atoms with E-state index in [4.69, 9.17) is 4.74 Å². The van der Waals surface area contributed by atoms with Gasteiger partial charge in [-0.2, -0.15) is 0 Å². The Morgan fingerprint density at radius 1 is 1.21 bits per heavy atom. The number of rotatable bonds is 2. The Labute approximate surface area is 84.7 Å². The minimum atomic E-state index is 0.250. The van der Waals surface area contributed by atoms with E-state index in [0.29, 0.717) is 0 Å². The Morgan fingerprint density at radius 2 is 2.07 bits per heavy atom. The molecule has 2 rings (SSSR count). The molecule has 1 heteroatoms. The number of hydrogen-bond donors (Lipinski definition) is 0. The van der Waals surface area contributed by atoms with E-state index >= 15 is 0 Å². The summed E-state index contributed by atoms with van der Waals surface area (Å²) in [5.41, 5.74) is 1.23. The highest BCUT2D eigenvalue weighted by Crippen LogP contribution is 2.12. The van der Waals surface area contributed by atoms with Crippen LogP contribution in [0.3, 0.4) is 0 Å². The Bertz CT molecular complexity index is 324. The van der Waals surface area contributed by atoms with Crippen molar-refractivity contribution in [3.63, 3.8) is 0 Å². The van der Waals surface area contributed by atoms with Crippen molar-refractivity contribution in [2.45, 2.75) is 18.9 Å². The van der Waals surface area contributed by atoms with Crippen LogP contribution in [0.2, 0.25) is 0 Å². The molecule has 1 unspecified atom stereocenters. The van der Waals surface area contributed by atoms with Crippen LogP contribution in [0.25, 0.3) is 6.08 Å². The van der Waals surface area contributed by atoms with E-state index in [1.165, 1.54) is 5.56 Å². The van der Waals surface area contributed by atoms with Crippen LogP contribution in [0, 0.1) is 0 Å². The van der Waals surface area contributed by atoms with E-state index in [2.05, 4.69) is 30.4 Å².